The van der Waals surface area contributed by atoms with Crippen molar-refractivity contribution >= 4 is 5.82 Å². The zero-order valence-corrected chi connectivity index (χ0v) is 13.7. The first-order valence-electron chi connectivity index (χ1n) is 8.36. The number of hydrogen-bond donors (Lipinski definition) is 1. The summed E-state index contributed by atoms with van der Waals surface area (Å²) >= 11 is 0. The maximum absolute atomic E-state index is 5.23. The van der Waals surface area contributed by atoms with Crippen LogP contribution in [0.5, 0.6) is 5.75 Å². The molecule has 0 spiro atoms. The number of pyridine rings is 1. The highest BCUT2D eigenvalue weighted by Crippen LogP contribution is 2.29. The van der Waals surface area contributed by atoms with Crippen molar-refractivity contribution in [3.05, 3.63) is 54.2 Å². The molecule has 0 unspecified atom stereocenters. The summed E-state index contributed by atoms with van der Waals surface area (Å²) in [6.45, 7) is 4.36. The smallest absolute Gasteiger partial charge is 0.125 e. The van der Waals surface area contributed by atoms with E-state index in [0.29, 0.717) is 5.92 Å². The summed E-state index contributed by atoms with van der Waals surface area (Å²) in [5, 5.41) is 3.38. The zero-order valence-electron chi connectivity index (χ0n) is 13.7. The Kier molecular flexibility index (Phi) is 5.48. The number of nitrogens with zero attached hydrogens (tertiary/aromatic N) is 2. The minimum atomic E-state index is 0.681. The lowest BCUT2D eigenvalue weighted by molar-refractivity contribution is 0.219. The molecule has 4 nitrogen and oxygen atoms in total. The molecule has 4 heteroatoms. The van der Waals surface area contributed by atoms with E-state index in [1.165, 1.54) is 31.5 Å². The van der Waals surface area contributed by atoms with Gasteiger partial charge in [-0.1, -0.05) is 18.2 Å². The lowest BCUT2D eigenvalue weighted by Crippen LogP contribution is -2.36. The molecule has 0 bridgehead atoms. The summed E-state index contributed by atoms with van der Waals surface area (Å²) in [5.74, 6) is 2.58. The Bertz CT molecular complexity index is 577. The number of anilines is 1. The molecule has 122 valence electrons. The third kappa shape index (κ3) is 4.45. The molecule has 1 aliphatic heterocycles. The SMILES string of the molecule is COc1ccc(C2CCN(CCNc3ccccn3)CC2)cc1. The molecule has 1 fully saturated rings. The molecule has 1 saturated heterocycles. The van der Waals surface area contributed by atoms with Gasteiger partial charge in [0, 0.05) is 19.3 Å². The highest BCUT2D eigenvalue weighted by molar-refractivity contribution is 5.33. The standard InChI is InChI=1S/C19H25N3O/c1-23-18-7-5-16(6-8-18)17-9-13-22(14-10-17)15-12-21-19-4-2-3-11-20-19/h2-8,11,17H,9-10,12-15H2,1H3,(H,20,21). The molecule has 1 aromatic heterocycles. The largest absolute Gasteiger partial charge is 0.497 e. The van der Waals surface area contributed by atoms with E-state index in [4.69, 9.17) is 4.74 Å². The number of ether oxygens (including phenoxy) is 1. The van der Waals surface area contributed by atoms with Crippen LogP contribution in [0.15, 0.2) is 48.7 Å². The van der Waals surface area contributed by atoms with Gasteiger partial charge in [0.05, 0.1) is 7.11 Å². The van der Waals surface area contributed by atoms with Crippen LogP contribution in [0.25, 0.3) is 0 Å². The molecule has 0 atom stereocenters. The molecule has 0 saturated carbocycles. The zero-order chi connectivity index (χ0) is 15.9. The number of methoxy groups -OCH3 is 1. The summed E-state index contributed by atoms with van der Waals surface area (Å²) < 4.78 is 5.23. The van der Waals surface area contributed by atoms with E-state index in [1.54, 1.807) is 7.11 Å². The molecule has 2 heterocycles. The van der Waals surface area contributed by atoms with Crippen LogP contribution in [0.4, 0.5) is 5.82 Å². The number of likely N-dealkylation sites (tertiary alicyclic amines) is 1. The van der Waals surface area contributed by atoms with Crippen molar-refractivity contribution in [1.82, 2.24) is 9.88 Å². The molecular weight excluding hydrogens is 286 g/mol. The molecule has 0 radical (unpaired) electrons. The van der Waals surface area contributed by atoms with Gasteiger partial charge in [-0.3, -0.25) is 0 Å². The van der Waals surface area contributed by atoms with Gasteiger partial charge in [0.25, 0.3) is 0 Å². The van der Waals surface area contributed by atoms with Gasteiger partial charge in [-0.2, -0.15) is 0 Å². The molecule has 2 aromatic rings. The Morgan fingerprint density at radius 2 is 1.91 bits per heavy atom. The first-order valence-corrected chi connectivity index (χ1v) is 8.36. The van der Waals surface area contributed by atoms with Crippen molar-refractivity contribution in [2.75, 3.05) is 38.6 Å². The molecule has 3 rings (SSSR count). The minimum absolute atomic E-state index is 0.681. The molecule has 1 aromatic carbocycles. The molecule has 1 aliphatic rings. The molecule has 0 amide bonds. The molecular formula is C19H25N3O. The van der Waals surface area contributed by atoms with Gasteiger partial charge in [0.1, 0.15) is 11.6 Å². The highest BCUT2D eigenvalue weighted by atomic mass is 16.5. The summed E-state index contributed by atoms with van der Waals surface area (Å²) in [6.07, 6.45) is 4.29. The van der Waals surface area contributed by atoms with E-state index in [9.17, 15) is 0 Å². The van der Waals surface area contributed by atoms with Crippen molar-refractivity contribution in [2.45, 2.75) is 18.8 Å². The second-order valence-electron chi connectivity index (χ2n) is 6.03. The summed E-state index contributed by atoms with van der Waals surface area (Å²) in [6, 6.07) is 14.5. The normalized spacial score (nSPS) is 16.2. The van der Waals surface area contributed by atoms with E-state index >= 15 is 0 Å². The van der Waals surface area contributed by atoms with Crippen LogP contribution in [-0.2, 0) is 0 Å². The number of aromatic nitrogens is 1. The average molecular weight is 311 g/mol. The summed E-state index contributed by atoms with van der Waals surface area (Å²) in [4.78, 5) is 6.83. The molecule has 23 heavy (non-hydrogen) atoms. The first-order chi connectivity index (χ1) is 11.3. The average Bonchev–Trinajstić information content (AvgIpc) is 2.63. The quantitative estimate of drug-likeness (QED) is 0.887. The van der Waals surface area contributed by atoms with E-state index in [-0.39, 0.29) is 0 Å². The summed E-state index contributed by atoms with van der Waals surface area (Å²) in [5.41, 5.74) is 1.44. The van der Waals surface area contributed by atoms with Crippen molar-refractivity contribution in [3.8, 4) is 5.75 Å². The predicted octanol–water partition coefficient (Wildman–Crippen LogP) is 3.38. The second kappa shape index (κ2) is 7.97. The Hall–Kier alpha value is -2.07. The van der Waals surface area contributed by atoms with Crippen molar-refractivity contribution in [2.24, 2.45) is 0 Å². The number of nitrogens with one attached hydrogen (secondary N) is 1. The third-order valence-corrected chi connectivity index (χ3v) is 4.57. The van der Waals surface area contributed by atoms with Crippen LogP contribution in [0.3, 0.4) is 0 Å². The van der Waals surface area contributed by atoms with Gasteiger partial charge >= 0.3 is 0 Å². The number of piperidine rings is 1. The summed E-state index contributed by atoms with van der Waals surface area (Å²) in [7, 11) is 1.71. The van der Waals surface area contributed by atoms with Crippen LogP contribution in [-0.4, -0.2) is 43.2 Å². The van der Waals surface area contributed by atoms with Gasteiger partial charge in [-0.15, -0.1) is 0 Å². The van der Waals surface area contributed by atoms with Crippen LogP contribution in [0.1, 0.15) is 24.3 Å². The van der Waals surface area contributed by atoms with Crippen molar-refractivity contribution in [3.63, 3.8) is 0 Å². The fourth-order valence-corrected chi connectivity index (χ4v) is 3.18. The first kappa shape index (κ1) is 15.8. The van der Waals surface area contributed by atoms with Gasteiger partial charge in [0.15, 0.2) is 0 Å². The second-order valence-corrected chi connectivity index (χ2v) is 6.03. The van der Waals surface area contributed by atoms with E-state index in [0.717, 1.165) is 24.7 Å². The minimum Gasteiger partial charge on any atom is -0.497 e. The van der Waals surface area contributed by atoms with Gasteiger partial charge in [-0.25, -0.2) is 4.98 Å². The maximum Gasteiger partial charge on any atom is 0.125 e. The van der Waals surface area contributed by atoms with Gasteiger partial charge < -0.3 is 15.0 Å². The fraction of sp³-hybridized carbons (Fsp3) is 0.421. The van der Waals surface area contributed by atoms with E-state index in [1.807, 2.05) is 24.4 Å². The van der Waals surface area contributed by atoms with Crippen molar-refractivity contribution in [1.29, 1.82) is 0 Å². The molecule has 1 N–H and O–H groups in total. The van der Waals surface area contributed by atoms with Gasteiger partial charge in [-0.05, 0) is 61.7 Å². The van der Waals surface area contributed by atoms with E-state index < -0.39 is 0 Å². The highest BCUT2D eigenvalue weighted by Gasteiger charge is 2.20. The number of rotatable bonds is 6. The lowest BCUT2D eigenvalue weighted by atomic mass is 9.89. The Balaban J connectivity index is 1.41. The van der Waals surface area contributed by atoms with Gasteiger partial charge in [0.2, 0.25) is 0 Å². The number of hydrogen-bond acceptors (Lipinski definition) is 4. The van der Waals surface area contributed by atoms with Crippen LogP contribution in [0.2, 0.25) is 0 Å². The maximum atomic E-state index is 5.23. The van der Waals surface area contributed by atoms with Crippen molar-refractivity contribution < 1.29 is 4.74 Å². The monoisotopic (exact) mass is 311 g/mol. The van der Waals surface area contributed by atoms with Crippen LogP contribution >= 0.6 is 0 Å². The Morgan fingerprint density at radius 1 is 1.13 bits per heavy atom. The Morgan fingerprint density at radius 3 is 2.57 bits per heavy atom. The third-order valence-electron chi connectivity index (χ3n) is 4.57. The molecule has 0 aliphatic carbocycles. The number of benzene rings is 1. The van der Waals surface area contributed by atoms with Crippen LogP contribution < -0.4 is 10.1 Å². The van der Waals surface area contributed by atoms with E-state index in [2.05, 4.69) is 39.5 Å². The Labute approximate surface area is 138 Å². The van der Waals surface area contributed by atoms with Crippen LogP contribution in [0, 0.1) is 0 Å². The lowest BCUT2D eigenvalue weighted by Gasteiger charge is -2.32. The predicted molar refractivity (Wildman–Crippen MR) is 94.1 cm³/mol. The fourth-order valence-electron chi connectivity index (χ4n) is 3.18. The topological polar surface area (TPSA) is 37.4 Å².